The summed E-state index contributed by atoms with van der Waals surface area (Å²) in [5, 5.41) is 0. The summed E-state index contributed by atoms with van der Waals surface area (Å²) in [4.78, 5) is 10.7. The van der Waals surface area contributed by atoms with Crippen LogP contribution in [0.4, 0.5) is 0 Å². The molecule has 0 radical (unpaired) electrons. The molecule has 0 saturated carbocycles. The van der Waals surface area contributed by atoms with Crippen LogP contribution in [0, 0.1) is 0 Å². The van der Waals surface area contributed by atoms with E-state index < -0.39 is 16.2 Å². The summed E-state index contributed by atoms with van der Waals surface area (Å²) in [6.45, 7) is 3.20. The Morgan fingerprint density at radius 3 is 2.86 bits per heavy atom. The second kappa shape index (κ2) is 4.56. The minimum Gasteiger partial charge on any atom is -0.460 e. The summed E-state index contributed by atoms with van der Waals surface area (Å²) in [5.74, 6) is -0.534. The molecule has 0 aromatic rings. The largest absolute Gasteiger partial charge is 0.460 e. The molecule has 1 unspecified atom stereocenters. The Kier molecular flexibility index (Phi) is 3.65. The molecule has 1 aliphatic heterocycles. The van der Waals surface area contributed by atoms with E-state index in [0.717, 1.165) is 0 Å². The number of ether oxygens (including phenoxy) is 1. The molecular formula is C8H12O5S. The lowest BCUT2D eigenvalue weighted by atomic mass is 10.2. The molecule has 0 amide bonds. The van der Waals surface area contributed by atoms with E-state index in [4.69, 9.17) is 4.74 Å². The van der Waals surface area contributed by atoms with E-state index >= 15 is 0 Å². The Morgan fingerprint density at radius 2 is 2.36 bits per heavy atom. The second-order valence-corrected chi connectivity index (χ2v) is 4.63. The van der Waals surface area contributed by atoms with Crippen molar-refractivity contribution >= 4 is 16.1 Å². The fourth-order valence-corrected chi connectivity index (χ4v) is 1.82. The average Bonchev–Trinajstić information content (AvgIpc) is 2.48. The van der Waals surface area contributed by atoms with Crippen LogP contribution in [-0.4, -0.2) is 32.9 Å². The summed E-state index contributed by atoms with van der Waals surface area (Å²) in [6, 6.07) is 0. The lowest BCUT2D eigenvalue weighted by molar-refractivity contribution is -0.142. The van der Waals surface area contributed by atoms with Gasteiger partial charge in [0.1, 0.15) is 12.7 Å². The highest BCUT2D eigenvalue weighted by atomic mass is 32.2. The van der Waals surface area contributed by atoms with Gasteiger partial charge < -0.3 is 4.74 Å². The molecule has 5 nitrogen and oxygen atoms in total. The van der Waals surface area contributed by atoms with E-state index in [0.29, 0.717) is 12.8 Å². The first-order valence-corrected chi connectivity index (χ1v) is 5.79. The highest BCUT2D eigenvalue weighted by Crippen LogP contribution is 2.14. The van der Waals surface area contributed by atoms with Crippen LogP contribution in [0.2, 0.25) is 0 Å². The van der Waals surface area contributed by atoms with Crippen LogP contribution in [-0.2, 0) is 23.8 Å². The summed E-state index contributed by atoms with van der Waals surface area (Å²) < 4.78 is 31.5. The SMILES string of the molecule is C=CCS(=O)(=O)OCC1CCC(=O)O1. The molecule has 1 atom stereocenters. The Bertz CT molecular complexity index is 319. The van der Waals surface area contributed by atoms with Crippen molar-refractivity contribution in [3.8, 4) is 0 Å². The van der Waals surface area contributed by atoms with Crippen LogP contribution in [0.5, 0.6) is 0 Å². The fourth-order valence-electron chi connectivity index (χ4n) is 1.07. The molecule has 1 saturated heterocycles. The van der Waals surface area contributed by atoms with Gasteiger partial charge in [-0.3, -0.25) is 8.98 Å². The summed E-state index contributed by atoms with van der Waals surface area (Å²) in [6.07, 6.45) is 1.66. The number of hydrogen-bond donors (Lipinski definition) is 0. The van der Waals surface area contributed by atoms with Crippen LogP contribution < -0.4 is 0 Å². The Balaban J connectivity index is 2.33. The lowest BCUT2D eigenvalue weighted by Gasteiger charge is -2.08. The van der Waals surface area contributed by atoms with Gasteiger partial charge in [-0.25, -0.2) is 0 Å². The topological polar surface area (TPSA) is 69.7 Å². The number of carbonyl (C=O) groups excluding carboxylic acids is 1. The van der Waals surface area contributed by atoms with Crippen molar-refractivity contribution in [3.05, 3.63) is 12.7 Å². The zero-order valence-electron chi connectivity index (χ0n) is 7.64. The number of carbonyl (C=O) groups is 1. The monoisotopic (exact) mass is 220 g/mol. The highest BCUT2D eigenvalue weighted by molar-refractivity contribution is 7.86. The van der Waals surface area contributed by atoms with Crippen LogP contribution in [0.1, 0.15) is 12.8 Å². The summed E-state index contributed by atoms with van der Waals surface area (Å²) in [7, 11) is -3.55. The van der Waals surface area contributed by atoms with Crippen LogP contribution >= 0.6 is 0 Å². The van der Waals surface area contributed by atoms with Crippen molar-refractivity contribution in [1.29, 1.82) is 0 Å². The first-order chi connectivity index (χ1) is 6.53. The Morgan fingerprint density at radius 1 is 1.64 bits per heavy atom. The third-order valence-electron chi connectivity index (χ3n) is 1.72. The molecule has 0 bridgehead atoms. The number of rotatable bonds is 5. The summed E-state index contributed by atoms with van der Waals surface area (Å²) >= 11 is 0. The zero-order valence-corrected chi connectivity index (χ0v) is 8.46. The minimum absolute atomic E-state index is 0.0953. The van der Waals surface area contributed by atoms with Gasteiger partial charge in [-0.05, 0) is 6.42 Å². The van der Waals surface area contributed by atoms with Gasteiger partial charge in [0.2, 0.25) is 0 Å². The van der Waals surface area contributed by atoms with Gasteiger partial charge >= 0.3 is 5.97 Å². The van der Waals surface area contributed by atoms with Crippen molar-refractivity contribution < 1.29 is 22.1 Å². The summed E-state index contributed by atoms with van der Waals surface area (Å²) in [5.41, 5.74) is 0. The van der Waals surface area contributed by atoms with Crippen molar-refractivity contribution in [1.82, 2.24) is 0 Å². The molecule has 80 valence electrons. The van der Waals surface area contributed by atoms with E-state index in [-0.39, 0.29) is 18.3 Å². The molecule has 0 N–H and O–H groups in total. The van der Waals surface area contributed by atoms with Gasteiger partial charge in [-0.15, -0.1) is 6.58 Å². The molecule has 1 rings (SSSR count). The molecule has 14 heavy (non-hydrogen) atoms. The first-order valence-electron chi connectivity index (χ1n) is 4.21. The van der Waals surface area contributed by atoms with Gasteiger partial charge in [0.25, 0.3) is 10.1 Å². The van der Waals surface area contributed by atoms with E-state index in [9.17, 15) is 13.2 Å². The van der Waals surface area contributed by atoms with Crippen molar-refractivity contribution in [2.45, 2.75) is 18.9 Å². The van der Waals surface area contributed by atoms with Crippen LogP contribution in [0.3, 0.4) is 0 Å². The average molecular weight is 220 g/mol. The van der Waals surface area contributed by atoms with Gasteiger partial charge in [0, 0.05) is 6.42 Å². The molecule has 0 aliphatic carbocycles. The molecule has 1 heterocycles. The van der Waals surface area contributed by atoms with Crippen molar-refractivity contribution in [2.75, 3.05) is 12.4 Å². The van der Waals surface area contributed by atoms with Gasteiger partial charge in [0.05, 0.1) is 5.75 Å². The van der Waals surface area contributed by atoms with E-state index in [2.05, 4.69) is 10.8 Å². The van der Waals surface area contributed by atoms with E-state index in [1.807, 2.05) is 0 Å². The lowest BCUT2D eigenvalue weighted by Crippen LogP contribution is -2.19. The molecule has 0 spiro atoms. The van der Waals surface area contributed by atoms with Crippen LogP contribution in [0.25, 0.3) is 0 Å². The number of hydrogen-bond acceptors (Lipinski definition) is 5. The second-order valence-electron chi connectivity index (χ2n) is 2.95. The molecule has 1 aliphatic rings. The van der Waals surface area contributed by atoms with E-state index in [1.165, 1.54) is 6.08 Å². The normalized spacial score (nSPS) is 22.0. The standard InChI is InChI=1S/C8H12O5S/c1-2-5-14(10,11)12-6-7-3-4-8(9)13-7/h2,7H,1,3-6H2. The molecule has 0 aromatic carbocycles. The number of esters is 1. The predicted molar refractivity (Wildman–Crippen MR) is 49.0 cm³/mol. The molecule has 6 heteroatoms. The maximum Gasteiger partial charge on any atom is 0.306 e. The minimum atomic E-state index is -3.55. The quantitative estimate of drug-likeness (QED) is 0.376. The fraction of sp³-hybridized carbons (Fsp3) is 0.625. The smallest absolute Gasteiger partial charge is 0.306 e. The third-order valence-corrected chi connectivity index (χ3v) is 2.86. The van der Waals surface area contributed by atoms with E-state index in [1.54, 1.807) is 0 Å². The van der Waals surface area contributed by atoms with Gasteiger partial charge in [-0.1, -0.05) is 6.08 Å². The highest BCUT2D eigenvalue weighted by Gasteiger charge is 2.25. The molecular weight excluding hydrogens is 208 g/mol. The third kappa shape index (κ3) is 3.47. The first kappa shape index (κ1) is 11.2. The maximum absolute atomic E-state index is 11.0. The molecule has 1 fully saturated rings. The molecule has 0 aromatic heterocycles. The Labute approximate surface area is 82.8 Å². The maximum atomic E-state index is 11.0. The van der Waals surface area contributed by atoms with Gasteiger partial charge in [0.15, 0.2) is 0 Å². The van der Waals surface area contributed by atoms with Gasteiger partial charge in [-0.2, -0.15) is 8.42 Å². The zero-order chi connectivity index (χ0) is 10.6. The Hall–Kier alpha value is -0.880. The van der Waals surface area contributed by atoms with Crippen LogP contribution in [0.15, 0.2) is 12.7 Å². The predicted octanol–water partition coefficient (Wildman–Crippen LogP) is 0.224. The number of cyclic esters (lactones) is 1. The van der Waals surface area contributed by atoms with Crippen molar-refractivity contribution in [2.24, 2.45) is 0 Å². The van der Waals surface area contributed by atoms with Crippen molar-refractivity contribution in [3.63, 3.8) is 0 Å².